The van der Waals surface area contributed by atoms with Crippen molar-refractivity contribution in [3.05, 3.63) is 0 Å². The van der Waals surface area contributed by atoms with E-state index in [1.165, 1.54) is 44.9 Å². The average Bonchev–Trinajstić information content (AvgIpc) is 2.48. The smallest absolute Gasteiger partial charge is 0.0383 e. The Bertz CT molecular complexity index is 224. The van der Waals surface area contributed by atoms with E-state index in [0.717, 1.165) is 23.7 Å². The molecule has 0 N–H and O–H groups in total. The Hall–Kier alpha value is 0. The van der Waals surface area contributed by atoms with E-state index < -0.39 is 0 Å². The van der Waals surface area contributed by atoms with Crippen LogP contribution in [0.5, 0.6) is 0 Å². The second-order valence-corrected chi connectivity index (χ2v) is 7.48. The molecule has 2 rings (SSSR count). The second kappa shape index (κ2) is 8.32. The molecular formula is C19H36. The van der Waals surface area contributed by atoms with Crippen molar-refractivity contribution in [1.82, 2.24) is 0 Å². The molecule has 2 unspecified atom stereocenters. The van der Waals surface area contributed by atoms with E-state index in [9.17, 15) is 0 Å². The highest BCUT2D eigenvalue weighted by Crippen LogP contribution is 2.43. The van der Waals surface area contributed by atoms with Crippen LogP contribution in [0, 0.1) is 23.7 Å². The highest BCUT2D eigenvalue weighted by molar-refractivity contribution is 4.82. The van der Waals surface area contributed by atoms with Crippen LogP contribution in [0.4, 0.5) is 0 Å². The fraction of sp³-hybridized carbons (Fsp3) is 1.00. The standard InChI is InChI=1S/C19H36/c1-3-5-6-8-17-11-13-18(14-12-17)19-10-7-9-16(4-2)15-19/h16-19H,3-15H2,1-2H3. The molecule has 112 valence electrons. The van der Waals surface area contributed by atoms with Crippen molar-refractivity contribution in [3.8, 4) is 0 Å². The summed E-state index contributed by atoms with van der Waals surface area (Å²) in [5, 5.41) is 0. The van der Waals surface area contributed by atoms with Crippen LogP contribution in [0.1, 0.15) is 97.3 Å². The second-order valence-electron chi connectivity index (χ2n) is 7.48. The van der Waals surface area contributed by atoms with Gasteiger partial charge in [-0.15, -0.1) is 0 Å². The van der Waals surface area contributed by atoms with Gasteiger partial charge in [0, 0.05) is 0 Å². The van der Waals surface area contributed by atoms with Crippen molar-refractivity contribution in [2.45, 2.75) is 97.3 Å². The Balaban J connectivity index is 1.67. The minimum atomic E-state index is 1.07. The first-order valence-corrected chi connectivity index (χ1v) is 9.33. The Morgan fingerprint density at radius 3 is 2.21 bits per heavy atom. The summed E-state index contributed by atoms with van der Waals surface area (Å²) >= 11 is 0. The molecule has 2 saturated carbocycles. The van der Waals surface area contributed by atoms with Crippen LogP contribution in [0.3, 0.4) is 0 Å². The molecule has 0 amide bonds. The predicted octanol–water partition coefficient (Wildman–Crippen LogP) is 6.59. The fourth-order valence-electron chi connectivity index (χ4n) is 4.76. The maximum absolute atomic E-state index is 2.40. The Kier molecular flexibility index (Phi) is 6.74. The van der Waals surface area contributed by atoms with E-state index in [1.54, 1.807) is 38.5 Å². The number of rotatable bonds is 6. The highest BCUT2D eigenvalue weighted by atomic mass is 14.4. The summed E-state index contributed by atoms with van der Waals surface area (Å²) in [6.45, 7) is 4.72. The largest absolute Gasteiger partial charge is 0.0654 e. The van der Waals surface area contributed by atoms with Crippen molar-refractivity contribution in [1.29, 1.82) is 0 Å². The van der Waals surface area contributed by atoms with Gasteiger partial charge in [0.15, 0.2) is 0 Å². The molecule has 0 nitrogen and oxygen atoms in total. The van der Waals surface area contributed by atoms with E-state index in [1.807, 2.05) is 0 Å². The topological polar surface area (TPSA) is 0 Å². The minimum Gasteiger partial charge on any atom is -0.0654 e. The molecule has 2 fully saturated rings. The Morgan fingerprint density at radius 2 is 1.53 bits per heavy atom. The first-order valence-electron chi connectivity index (χ1n) is 9.33. The van der Waals surface area contributed by atoms with Crippen molar-refractivity contribution >= 4 is 0 Å². The minimum absolute atomic E-state index is 1.07. The molecule has 0 aliphatic heterocycles. The van der Waals surface area contributed by atoms with Gasteiger partial charge in [-0.2, -0.15) is 0 Å². The lowest BCUT2D eigenvalue weighted by Crippen LogP contribution is -2.26. The first kappa shape index (κ1) is 15.4. The van der Waals surface area contributed by atoms with Crippen molar-refractivity contribution in [3.63, 3.8) is 0 Å². The van der Waals surface area contributed by atoms with E-state index in [-0.39, 0.29) is 0 Å². The molecule has 0 radical (unpaired) electrons. The molecule has 0 spiro atoms. The van der Waals surface area contributed by atoms with Crippen LogP contribution in [0.15, 0.2) is 0 Å². The lowest BCUT2D eigenvalue weighted by molar-refractivity contribution is 0.135. The van der Waals surface area contributed by atoms with E-state index >= 15 is 0 Å². The summed E-state index contributed by atoms with van der Waals surface area (Å²) in [6, 6.07) is 0. The van der Waals surface area contributed by atoms with Gasteiger partial charge >= 0.3 is 0 Å². The van der Waals surface area contributed by atoms with Gasteiger partial charge in [0.1, 0.15) is 0 Å². The molecule has 0 bridgehead atoms. The number of hydrogen-bond donors (Lipinski definition) is 0. The first-order chi connectivity index (χ1) is 9.33. The third kappa shape index (κ3) is 4.80. The van der Waals surface area contributed by atoms with E-state index in [2.05, 4.69) is 13.8 Å². The van der Waals surface area contributed by atoms with Crippen LogP contribution in [0.25, 0.3) is 0 Å². The van der Waals surface area contributed by atoms with E-state index in [4.69, 9.17) is 0 Å². The molecule has 2 aliphatic carbocycles. The maximum Gasteiger partial charge on any atom is -0.0383 e. The molecule has 0 aromatic heterocycles. The van der Waals surface area contributed by atoms with Gasteiger partial charge in [0.25, 0.3) is 0 Å². The maximum atomic E-state index is 2.40. The molecule has 0 saturated heterocycles. The van der Waals surface area contributed by atoms with Crippen molar-refractivity contribution in [2.75, 3.05) is 0 Å². The summed E-state index contributed by atoms with van der Waals surface area (Å²) < 4.78 is 0. The Labute approximate surface area is 121 Å². The van der Waals surface area contributed by atoms with Crippen LogP contribution in [-0.2, 0) is 0 Å². The highest BCUT2D eigenvalue weighted by Gasteiger charge is 2.30. The zero-order chi connectivity index (χ0) is 13.5. The van der Waals surface area contributed by atoms with Gasteiger partial charge in [-0.05, 0) is 42.9 Å². The zero-order valence-corrected chi connectivity index (χ0v) is 13.5. The quantitative estimate of drug-likeness (QED) is 0.475. The third-order valence-corrected chi connectivity index (χ3v) is 6.17. The molecule has 0 aromatic carbocycles. The van der Waals surface area contributed by atoms with Crippen LogP contribution in [0.2, 0.25) is 0 Å². The monoisotopic (exact) mass is 264 g/mol. The number of unbranched alkanes of at least 4 members (excludes halogenated alkanes) is 2. The summed E-state index contributed by atoms with van der Waals surface area (Å²) in [4.78, 5) is 0. The van der Waals surface area contributed by atoms with Gasteiger partial charge in [-0.1, -0.05) is 78.1 Å². The lowest BCUT2D eigenvalue weighted by atomic mass is 9.68. The molecular weight excluding hydrogens is 228 g/mol. The Morgan fingerprint density at radius 1 is 0.737 bits per heavy atom. The third-order valence-electron chi connectivity index (χ3n) is 6.17. The average molecular weight is 264 g/mol. The summed E-state index contributed by atoms with van der Waals surface area (Å²) in [6.07, 6.45) is 19.7. The van der Waals surface area contributed by atoms with Gasteiger partial charge in [0.2, 0.25) is 0 Å². The van der Waals surface area contributed by atoms with Gasteiger partial charge in [-0.25, -0.2) is 0 Å². The lowest BCUT2D eigenvalue weighted by Gasteiger charge is -2.38. The summed E-state index contributed by atoms with van der Waals surface area (Å²) in [7, 11) is 0. The zero-order valence-electron chi connectivity index (χ0n) is 13.5. The molecule has 0 heteroatoms. The SMILES string of the molecule is CCCCCC1CCC(C2CCCC(CC)C2)CC1. The van der Waals surface area contributed by atoms with Crippen molar-refractivity contribution < 1.29 is 0 Å². The predicted molar refractivity (Wildman–Crippen MR) is 85.3 cm³/mol. The van der Waals surface area contributed by atoms with Gasteiger partial charge in [-0.3, -0.25) is 0 Å². The van der Waals surface area contributed by atoms with Gasteiger partial charge < -0.3 is 0 Å². The summed E-state index contributed by atoms with van der Waals surface area (Å²) in [5.74, 6) is 4.38. The normalized spacial score (nSPS) is 36.3. The van der Waals surface area contributed by atoms with Crippen LogP contribution < -0.4 is 0 Å². The molecule has 2 atom stereocenters. The molecule has 19 heavy (non-hydrogen) atoms. The van der Waals surface area contributed by atoms with E-state index in [0.29, 0.717) is 0 Å². The van der Waals surface area contributed by atoms with Gasteiger partial charge in [0.05, 0.1) is 0 Å². The van der Waals surface area contributed by atoms with Crippen LogP contribution >= 0.6 is 0 Å². The van der Waals surface area contributed by atoms with Crippen LogP contribution in [-0.4, -0.2) is 0 Å². The number of hydrogen-bond acceptors (Lipinski definition) is 0. The molecule has 2 aliphatic rings. The van der Waals surface area contributed by atoms with Crippen molar-refractivity contribution in [2.24, 2.45) is 23.7 Å². The molecule has 0 heterocycles. The molecule has 0 aromatic rings. The fourth-order valence-corrected chi connectivity index (χ4v) is 4.76. The summed E-state index contributed by atoms with van der Waals surface area (Å²) in [5.41, 5.74) is 0.